The van der Waals surface area contributed by atoms with Crippen molar-refractivity contribution in [3.05, 3.63) is 81.7 Å². The maximum Gasteiger partial charge on any atom is 0.341 e. The Hall–Kier alpha value is -3.38. The molecule has 174 valence electrons. The van der Waals surface area contributed by atoms with Crippen molar-refractivity contribution in [3.8, 4) is 22.8 Å². The highest BCUT2D eigenvalue weighted by Crippen LogP contribution is 2.46. The number of rotatable bonds is 9. The number of carbonyl (C=O) groups is 1. The number of hydrogen-bond acceptors (Lipinski definition) is 5. The molecular weight excluding hydrogens is 446 g/mol. The van der Waals surface area contributed by atoms with Gasteiger partial charge >= 0.3 is 5.97 Å². The SMILES string of the molecule is Cc1cc(OCc2nc(-c3ccc(C4=CCCC=C4)cc3)cs2)c(C2CC2)cc1OCC(=O)O. The van der Waals surface area contributed by atoms with Crippen molar-refractivity contribution in [1.82, 2.24) is 4.98 Å². The summed E-state index contributed by atoms with van der Waals surface area (Å²) in [6.45, 7) is 1.96. The number of thiazole rings is 1. The molecule has 0 spiro atoms. The number of carboxylic acid groups (broad SMARTS) is 1. The lowest BCUT2D eigenvalue weighted by Gasteiger charge is -2.15. The van der Waals surface area contributed by atoms with Gasteiger partial charge in [0.1, 0.15) is 23.1 Å². The Balaban J connectivity index is 1.27. The Kier molecular flexibility index (Phi) is 6.50. The van der Waals surface area contributed by atoms with Crippen molar-refractivity contribution in [3.63, 3.8) is 0 Å². The lowest BCUT2D eigenvalue weighted by atomic mass is 9.98. The zero-order valence-corrected chi connectivity index (χ0v) is 19.9. The molecule has 0 radical (unpaired) electrons. The predicted molar refractivity (Wildman–Crippen MR) is 135 cm³/mol. The maximum absolute atomic E-state index is 10.9. The first-order valence-electron chi connectivity index (χ1n) is 11.6. The van der Waals surface area contributed by atoms with Crippen LogP contribution in [0.2, 0.25) is 0 Å². The zero-order chi connectivity index (χ0) is 23.5. The lowest BCUT2D eigenvalue weighted by molar-refractivity contribution is -0.139. The van der Waals surface area contributed by atoms with E-state index in [2.05, 4.69) is 47.9 Å². The van der Waals surface area contributed by atoms with E-state index < -0.39 is 5.97 Å². The van der Waals surface area contributed by atoms with Crippen molar-refractivity contribution in [2.75, 3.05) is 6.61 Å². The Labute approximate surface area is 203 Å². The van der Waals surface area contributed by atoms with Crippen molar-refractivity contribution in [1.29, 1.82) is 0 Å². The van der Waals surface area contributed by atoms with E-state index >= 15 is 0 Å². The minimum absolute atomic E-state index is 0.345. The Morgan fingerprint density at radius 1 is 1.09 bits per heavy atom. The van der Waals surface area contributed by atoms with Gasteiger partial charge in [0.25, 0.3) is 0 Å². The van der Waals surface area contributed by atoms with Gasteiger partial charge in [-0.2, -0.15) is 0 Å². The maximum atomic E-state index is 10.9. The van der Waals surface area contributed by atoms with E-state index in [1.807, 2.05) is 19.1 Å². The molecule has 2 aromatic carbocycles. The van der Waals surface area contributed by atoms with E-state index in [1.165, 1.54) is 11.1 Å². The fraction of sp³-hybridized carbons (Fsp3) is 0.286. The summed E-state index contributed by atoms with van der Waals surface area (Å²) >= 11 is 1.60. The highest BCUT2D eigenvalue weighted by Gasteiger charge is 2.28. The highest BCUT2D eigenvalue weighted by molar-refractivity contribution is 7.09. The molecule has 5 nitrogen and oxygen atoms in total. The molecular formula is C28H27NO4S. The van der Waals surface area contributed by atoms with Gasteiger partial charge in [0.15, 0.2) is 6.61 Å². The number of benzene rings is 2. The first-order valence-corrected chi connectivity index (χ1v) is 12.5. The fourth-order valence-corrected chi connectivity index (χ4v) is 4.84. The summed E-state index contributed by atoms with van der Waals surface area (Å²) < 4.78 is 11.7. The molecule has 0 aliphatic heterocycles. The molecule has 0 bridgehead atoms. The molecule has 1 N–H and O–H groups in total. The van der Waals surface area contributed by atoms with Gasteiger partial charge in [0.05, 0.1) is 5.69 Å². The standard InChI is InChI=1S/C28H27NO4S/c1-18-13-26(23(21-9-10-21)14-25(18)33-16-28(30)31)32-15-27-29-24(17-34-27)22-11-7-20(8-12-22)19-5-3-2-4-6-19/h3,5-8,11-14,17,21H,2,4,9-10,15-16H2,1H3,(H,30,31). The summed E-state index contributed by atoms with van der Waals surface area (Å²) in [4.78, 5) is 15.7. The van der Waals surface area contributed by atoms with Crippen LogP contribution in [-0.4, -0.2) is 22.7 Å². The largest absolute Gasteiger partial charge is 0.486 e. The van der Waals surface area contributed by atoms with Crippen LogP contribution in [0.3, 0.4) is 0 Å². The van der Waals surface area contributed by atoms with Crippen molar-refractivity contribution >= 4 is 22.9 Å². The number of carboxylic acids is 1. The summed E-state index contributed by atoms with van der Waals surface area (Å²) in [6, 6.07) is 12.5. The van der Waals surface area contributed by atoms with Gasteiger partial charge in [-0.1, -0.05) is 42.5 Å². The topological polar surface area (TPSA) is 68.7 Å². The molecule has 1 heterocycles. The quantitative estimate of drug-likeness (QED) is 0.371. The third-order valence-corrected chi connectivity index (χ3v) is 6.91. The molecule has 2 aliphatic carbocycles. The fourth-order valence-electron chi connectivity index (χ4n) is 4.12. The molecule has 0 amide bonds. The average Bonchev–Trinajstić information content (AvgIpc) is 3.59. The van der Waals surface area contributed by atoms with Gasteiger partial charge in [-0.25, -0.2) is 9.78 Å². The second-order valence-electron chi connectivity index (χ2n) is 8.74. The number of allylic oxidation sites excluding steroid dienone is 4. The number of aliphatic carboxylic acids is 1. The van der Waals surface area contributed by atoms with Crippen LogP contribution in [0.15, 0.2) is 60.0 Å². The van der Waals surface area contributed by atoms with E-state index in [0.717, 1.165) is 58.8 Å². The summed E-state index contributed by atoms with van der Waals surface area (Å²) in [5.41, 5.74) is 6.52. The summed E-state index contributed by atoms with van der Waals surface area (Å²) in [5, 5.41) is 11.9. The van der Waals surface area contributed by atoms with Gasteiger partial charge in [-0.05, 0) is 67.4 Å². The molecule has 3 aromatic rings. The van der Waals surface area contributed by atoms with E-state index in [4.69, 9.17) is 19.6 Å². The Morgan fingerprint density at radius 3 is 2.59 bits per heavy atom. The van der Waals surface area contributed by atoms with E-state index in [1.54, 1.807) is 11.3 Å². The van der Waals surface area contributed by atoms with Crippen molar-refractivity contribution in [2.45, 2.75) is 45.1 Å². The van der Waals surface area contributed by atoms with Gasteiger partial charge in [0.2, 0.25) is 0 Å². The first-order chi connectivity index (χ1) is 16.6. The number of hydrogen-bond donors (Lipinski definition) is 1. The predicted octanol–water partition coefficient (Wildman–Crippen LogP) is 6.77. The average molecular weight is 474 g/mol. The minimum atomic E-state index is -0.982. The number of nitrogens with zero attached hydrogens (tertiary/aromatic N) is 1. The molecule has 0 saturated heterocycles. The monoisotopic (exact) mass is 473 g/mol. The van der Waals surface area contributed by atoms with E-state index in [-0.39, 0.29) is 6.61 Å². The van der Waals surface area contributed by atoms with Crippen LogP contribution in [0.25, 0.3) is 16.8 Å². The Bertz CT molecular complexity index is 1250. The van der Waals surface area contributed by atoms with Crippen LogP contribution in [-0.2, 0) is 11.4 Å². The highest BCUT2D eigenvalue weighted by atomic mass is 32.1. The minimum Gasteiger partial charge on any atom is -0.486 e. The van der Waals surface area contributed by atoms with Crippen molar-refractivity contribution < 1.29 is 19.4 Å². The third kappa shape index (κ3) is 5.23. The second-order valence-corrected chi connectivity index (χ2v) is 9.69. The Morgan fingerprint density at radius 2 is 1.88 bits per heavy atom. The smallest absolute Gasteiger partial charge is 0.341 e. The van der Waals surface area contributed by atoms with Gasteiger partial charge < -0.3 is 14.6 Å². The molecule has 1 aromatic heterocycles. The first kappa shape index (κ1) is 22.4. The molecule has 34 heavy (non-hydrogen) atoms. The van der Waals surface area contributed by atoms with Crippen LogP contribution < -0.4 is 9.47 Å². The molecule has 2 aliphatic rings. The van der Waals surface area contributed by atoms with Crippen LogP contribution in [0.5, 0.6) is 11.5 Å². The molecule has 1 fully saturated rings. The normalized spacial score (nSPS) is 15.1. The molecule has 6 heteroatoms. The van der Waals surface area contributed by atoms with Crippen LogP contribution in [0.4, 0.5) is 0 Å². The zero-order valence-electron chi connectivity index (χ0n) is 19.1. The number of aryl methyl sites for hydroxylation is 1. The molecule has 0 unspecified atom stereocenters. The lowest BCUT2D eigenvalue weighted by Crippen LogP contribution is -2.10. The second kappa shape index (κ2) is 9.85. The van der Waals surface area contributed by atoms with Crippen LogP contribution in [0.1, 0.15) is 53.3 Å². The van der Waals surface area contributed by atoms with E-state index in [9.17, 15) is 4.79 Å². The van der Waals surface area contributed by atoms with Crippen LogP contribution in [0, 0.1) is 6.92 Å². The number of aromatic nitrogens is 1. The molecule has 5 rings (SSSR count). The van der Waals surface area contributed by atoms with Gasteiger partial charge in [-0.15, -0.1) is 11.3 Å². The van der Waals surface area contributed by atoms with Gasteiger partial charge in [0, 0.05) is 16.5 Å². The van der Waals surface area contributed by atoms with Gasteiger partial charge in [-0.3, -0.25) is 0 Å². The third-order valence-electron chi connectivity index (χ3n) is 6.09. The number of ether oxygens (including phenoxy) is 2. The summed E-state index contributed by atoms with van der Waals surface area (Å²) in [7, 11) is 0. The van der Waals surface area contributed by atoms with Crippen molar-refractivity contribution in [2.24, 2.45) is 0 Å². The summed E-state index contributed by atoms with van der Waals surface area (Å²) in [5.74, 6) is 0.904. The molecule has 0 atom stereocenters. The summed E-state index contributed by atoms with van der Waals surface area (Å²) in [6.07, 6.45) is 11.2. The molecule has 1 saturated carbocycles. The van der Waals surface area contributed by atoms with E-state index in [0.29, 0.717) is 18.3 Å². The van der Waals surface area contributed by atoms with Crippen LogP contribution >= 0.6 is 11.3 Å².